The van der Waals surface area contributed by atoms with Crippen molar-refractivity contribution in [3.05, 3.63) is 417 Å². The normalized spacial score (nSPS) is 13.3. The Bertz CT molecular complexity index is 5710. The van der Waals surface area contributed by atoms with E-state index in [0.29, 0.717) is 58.5 Å². The van der Waals surface area contributed by atoms with Gasteiger partial charge in [-0.15, -0.1) is 0 Å². The monoisotopic (exact) mass is 1300 g/mol. The zero-order valence-corrected chi connectivity index (χ0v) is 58.6. The second kappa shape index (κ2) is 37.4. The van der Waals surface area contributed by atoms with Gasteiger partial charge in [-0.1, -0.05) is 395 Å². The van der Waals surface area contributed by atoms with E-state index < -0.39 is 0 Å². The summed E-state index contributed by atoms with van der Waals surface area (Å²) in [6.07, 6.45) is 0. The van der Waals surface area contributed by atoms with Gasteiger partial charge in [0.2, 0.25) is 0 Å². The minimum atomic E-state index is -0.358. The van der Waals surface area contributed by atoms with Crippen LogP contribution in [0.25, 0.3) is 77.9 Å². The van der Waals surface area contributed by atoms with Gasteiger partial charge in [-0.3, -0.25) is 0 Å². The largest absolute Gasteiger partial charge is 0.0632 e. The molecule has 0 atom stereocenters. The Kier molecular flexibility index (Phi) is 18.3. The molecule has 14 aromatic rings. The molecule has 0 fully saturated rings. The quantitative estimate of drug-likeness (QED) is 0.149. The molecule has 0 saturated heterocycles. The molecule has 14 aromatic carbocycles. The lowest BCUT2D eigenvalue weighted by Crippen LogP contribution is -1.85. The first-order chi connectivity index (χ1) is 56.4. The molecule has 0 heteroatoms. The first kappa shape index (κ1) is 47.9. The fourth-order valence-electron chi connectivity index (χ4n) is 10.1. The van der Waals surface area contributed by atoms with Crippen LogP contribution in [0.3, 0.4) is 0 Å². The maximum atomic E-state index is 8.08. The molecule has 14 rings (SSSR count). The van der Waals surface area contributed by atoms with Crippen LogP contribution in [0.2, 0.25) is 0 Å². The summed E-state index contributed by atoms with van der Waals surface area (Å²) in [5.74, 6) is 0. The summed E-state index contributed by atoms with van der Waals surface area (Å²) >= 11 is 0. The number of rotatable bonds is 7. The van der Waals surface area contributed by atoms with E-state index >= 15 is 0 Å². The molecule has 0 heterocycles. The molecule has 0 N–H and O–H groups in total. The second-order valence-corrected chi connectivity index (χ2v) is 23.8. The average molecular weight is 1300 g/mol. The minimum Gasteiger partial charge on any atom is -0.0620 e. The molecular weight excluding hydrogens is 1180 g/mol. The van der Waals surface area contributed by atoms with Gasteiger partial charge in [-0.05, 0) is 197 Å². The van der Waals surface area contributed by atoms with Crippen LogP contribution in [0.1, 0.15) is 108 Å². The van der Waals surface area contributed by atoms with Crippen molar-refractivity contribution in [2.24, 2.45) is 0 Å². The number of benzene rings is 14. The Hall–Kier alpha value is -10.9. The molecule has 98 heavy (non-hydrogen) atoms. The fraction of sp³-hybridized carbons (Fsp3) is 0.143. The molecule has 0 aliphatic heterocycles. The zero-order chi connectivity index (χ0) is 88.9. The third-order valence-electron chi connectivity index (χ3n) is 15.3. The van der Waals surface area contributed by atoms with Gasteiger partial charge in [0.05, 0.1) is 30.2 Å². The molecule has 490 valence electrons. The number of hydrogen-bond acceptors (Lipinski definition) is 0. The molecule has 0 bridgehead atoms. The van der Waals surface area contributed by atoms with Crippen LogP contribution in [0.15, 0.2) is 339 Å². The van der Waals surface area contributed by atoms with Crippen molar-refractivity contribution in [1.29, 1.82) is 0 Å². The first-order valence-corrected chi connectivity index (χ1v) is 32.5. The van der Waals surface area contributed by atoms with E-state index in [1.165, 1.54) is 82.6 Å². The van der Waals surface area contributed by atoms with Gasteiger partial charge in [0.25, 0.3) is 0 Å². The molecule has 0 unspecified atom stereocenters. The molecular formula is C98H98. The van der Waals surface area contributed by atoms with Gasteiger partial charge < -0.3 is 0 Å². The van der Waals surface area contributed by atoms with Crippen molar-refractivity contribution in [1.82, 2.24) is 0 Å². The molecule has 0 aromatic heterocycles. The summed E-state index contributed by atoms with van der Waals surface area (Å²) in [5, 5.41) is 0. The van der Waals surface area contributed by atoms with Crippen LogP contribution in [-0.4, -0.2) is 0 Å². The van der Waals surface area contributed by atoms with E-state index in [4.69, 9.17) is 30.2 Å². The Morgan fingerprint density at radius 1 is 0.163 bits per heavy atom. The Morgan fingerprint density at radius 3 is 0.776 bits per heavy atom. The zero-order valence-electron chi connectivity index (χ0n) is 80.6. The van der Waals surface area contributed by atoms with E-state index in [9.17, 15) is 0 Å². The Balaban J connectivity index is 0.000000175. The van der Waals surface area contributed by atoms with Crippen LogP contribution >= 0.6 is 0 Å². The fourth-order valence-corrected chi connectivity index (χ4v) is 10.1. The van der Waals surface area contributed by atoms with Crippen molar-refractivity contribution in [3.63, 3.8) is 0 Å². The first-order valence-electron chi connectivity index (χ1n) is 43.5. The van der Waals surface area contributed by atoms with Crippen molar-refractivity contribution in [3.8, 4) is 77.9 Å². The number of aryl methyl sites for hydroxylation is 10. The van der Waals surface area contributed by atoms with Crippen LogP contribution in [-0.2, 0) is 0 Å². The van der Waals surface area contributed by atoms with Crippen LogP contribution in [0, 0.1) is 96.9 Å². The third-order valence-corrected chi connectivity index (χ3v) is 15.3. The van der Waals surface area contributed by atoms with E-state index in [0.717, 1.165) is 55.6 Å². The Labute approximate surface area is 619 Å². The average Bonchev–Trinajstić information content (AvgIpc) is 0.749. The summed E-state index contributed by atoms with van der Waals surface area (Å²) in [7, 11) is 0. The van der Waals surface area contributed by atoms with Gasteiger partial charge in [-0.2, -0.15) is 0 Å². The van der Waals surface area contributed by atoms with Gasteiger partial charge in [-0.25, -0.2) is 0 Å². The van der Waals surface area contributed by atoms with Crippen LogP contribution in [0.4, 0.5) is 0 Å². The van der Waals surface area contributed by atoms with Gasteiger partial charge in [0.1, 0.15) is 0 Å². The molecule has 0 saturated carbocycles. The van der Waals surface area contributed by atoms with Crippen molar-refractivity contribution in [2.75, 3.05) is 0 Å². The standard InChI is InChI=1S/7C14H14/c1-11-3-7-13(8-4-11)14-9-5-12(2)6-10-14;4*1-11-5-3-7-13(9-11)14-8-4-6-12(2)10-14;2*1-11-7-3-5-9-13(11)14-10-6-4-8-12(14)2/h7*3-10H,1-2H3/i3D,4D,5D,6D,7D,8D,9D,10D;5D,6D,7D,8D,9D,10D;5D,6D,7D,8D;5D,6D;;5D,6D;. The molecule has 0 nitrogen and oxygen atoms in total. The highest BCUT2D eigenvalue weighted by Gasteiger charge is 2.06. The van der Waals surface area contributed by atoms with Crippen LogP contribution in [0.5, 0.6) is 0 Å². The summed E-state index contributed by atoms with van der Waals surface area (Å²) in [5.41, 5.74) is 23.2. The highest BCUT2D eigenvalue weighted by Crippen LogP contribution is 2.29. The lowest BCUT2D eigenvalue weighted by atomic mass is 9.97. The second-order valence-electron chi connectivity index (χ2n) is 23.8. The highest BCUT2D eigenvalue weighted by atomic mass is 14.1. The maximum Gasteiger partial charge on any atom is 0.0632 e. The lowest BCUT2D eigenvalue weighted by molar-refractivity contribution is 1.41. The maximum absolute atomic E-state index is 8.08. The smallest absolute Gasteiger partial charge is 0.0620 e. The van der Waals surface area contributed by atoms with E-state index in [-0.39, 0.29) is 130 Å². The van der Waals surface area contributed by atoms with Crippen molar-refractivity contribution < 1.29 is 30.2 Å². The number of hydrogen-bond donors (Lipinski definition) is 0. The molecule has 0 aliphatic carbocycles. The van der Waals surface area contributed by atoms with Crippen molar-refractivity contribution >= 4 is 0 Å². The summed E-state index contributed by atoms with van der Waals surface area (Å²) < 4.78 is 173. The van der Waals surface area contributed by atoms with E-state index in [1.54, 1.807) is 38.1 Å². The molecule has 0 spiro atoms. The topological polar surface area (TPSA) is 0 Å². The highest BCUT2D eigenvalue weighted by molar-refractivity contribution is 5.72. The van der Waals surface area contributed by atoms with Crippen LogP contribution < -0.4 is 0 Å². The van der Waals surface area contributed by atoms with Gasteiger partial charge >= 0.3 is 0 Å². The third kappa shape index (κ3) is 23.2. The minimum absolute atomic E-state index is 0.00151. The predicted molar refractivity (Wildman–Crippen MR) is 429 cm³/mol. The summed E-state index contributed by atoms with van der Waals surface area (Å²) in [4.78, 5) is 0. The molecule has 0 radical (unpaired) electrons. The SMILES string of the molecule is Cc1cccc(-c2cccc(C)c2)c1.Cc1ccccc1-c1ccccc1C.[2H]c1c([2H])c(-c2c([2H])c([2H])c(C)c([2H])c2[2H])c([2H])c([2H])c1C.[2H]c1cc([2H])c(-c2c([2H])cc([2H])c(C)c2[2H])c([2H])c1C.[2H]c1cc([2H])c(-c2cc(C)c([2H])cc2[2H])cc1C.[2H]c1ccc(-c2ccc([2H])c(C)c2)cc1C.[2H]c1ccc(C)c(-c2cc([2H])ccc2C)c1. The predicted octanol–water partition coefficient (Wildman–Crippen LogP) is 27.8. The van der Waals surface area contributed by atoms with Gasteiger partial charge in [0.15, 0.2) is 0 Å². The Morgan fingerprint density at radius 2 is 0.439 bits per heavy atom. The molecule has 0 amide bonds. The van der Waals surface area contributed by atoms with Gasteiger partial charge in [0, 0.05) is 0 Å². The molecule has 0 aliphatic rings. The summed E-state index contributed by atoms with van der Waals surface area (Å²) in [6, 6.07) is 67.2. The van der Waals surface area contributed by atoms with E-state index in [1.807, 2.05) is 102 Å². The van der Waals surface area contributed by atoms with Crippen molar-refractivity contribution in [2.45, 2.75) is 96.9 Å². The summed E-state index contributed by atoms with van der Waals surface area (Å²) in [6.45, 7) is 26.3. The van der Waals surface area contributed by atoms with E-state index in [2.05, 4.69) is 125 Å². The lowest BCUT2D eigenvalue weighted by Gasteiger charge is -2.08.